The van der Waals surface area contributed by atoms with Gasteiger partial charge in [0.25, 0.3) is 17.7 Å². The minimum absolute atomic E-state index is 0.123. The van der Waals surface area contributed by atoms with Crippen molar-refractivity contribution in [1.82, 2.24) is 15.3 Å². The number of thioether (sulfide) groups is 1. The Morgan fingerprint density at radius 2 is 1.89 bits per heavy atom. The molecule has 4 rings (SSSR count). The molecule has 0 spiro atoms. The smallest absolute Gasteiger partial charge is 0.285 e. The molecule has 0 bridgehead atoms. The lowest BCUT2D eigenvalue weighted by atomic mass is 10.2. The number of ether oxygens (including phenoxy) is 3. The Bertz CT molecular complexity index is 1210. The average Bonchev–Trinajstić information content (AvgIpc) is 3.15. The molecule has 2 aliphatic rings. The van der Waals surface area contributed by atoms with Crippen LogP contribution in [0.3, 0.4) is 0 Å². The van der Waals surface area contributed by atoms with Crippen LogP contribution in [0.5, 0.6) is 11.5 Å². The van der Waals surface area contributed by atoms with Gasteiger partial charge in [-0.3, -0.25) is 19.8 Å². The number of rotatable bonds is 7. The molecule has 2 aromatic carbocycles. The highest BCUT2D eigenvalue weighted by Crippen LogP contribution is 2.34. The molecule has 0 aromatic heterocycles. The summed E-state index contributed by atoms with van der Waals surface area (Å²) in [6, 6.07) is 11.4. The first-order valence-corrected chi connectivity index (χ1v) is 12.5. The van der Waals surface area contributed by atoms with E-state index in [1.807, 2.05) is 0 Å². The van der Waals surface area contributed by atoms with Gasteiger partial charge in [0.15, 0.2) is 22.4 Å². The first-order valence-electron chi connectivity index (χ1n) is 10.9. The van der Waals surface area contributed by atoms with Crippen LogP contribution in [-0.2, 0) is 14.3 Å². The number of halogens is 1. The Kier molecular flexibility index (Phi) is 8.47. The van der Waals surface area contributed by atoms with Crippen molar-refractivity contribution in [2.24, 2.45) is 0 Å². The molecule has 1 N–H and O–H groups in total. The Morgan fingerprint density at radius 1 is 1.17 bits per heavy atom. The molecule has 2 aromatic rings. The van der Waals surface area contributed by atoms with Gasteiger partial charge in [-0.15, -0.1) is 0 Å². The fourth-order valence-electron chi connectivity index (χ4n) is 3.42. The van der Waals surface area contributed by atoms with Gasteiger partial charge in [0.05, 0.1) is 25.2 Å². The molecule has 2 heterocycles. The van der Waals surface area contributed by atoms with E-state index in [0.717, 1.165) is 16.8 Å². The topological polar surface area (TPSA) is 97.4 Å². The number of carbonyl (C=O) groups is 3. The molecule has 2 saturated heterocycles. The van der Waals surface area contributed by atoms with Crippen LogP contribution in [0.1, 0.15) is 15.9 Å². The maximum absolute atomic E-state index is 12.9. The van der Waals surface area contributed by atoms with Crippen LogP contribution in [-0.4, -0.2) is 72.0 Å². The van der Waals surface area contributed by atoms with Gasteiger partial charge in [0.2, 0.25) is 0 Å². The number of carbonyl (C=O) groups excluding carboxylic acids is 3. The number of nitrogens with one attached hydrogen (secondary N) is 1. The lowest BCUT2D eigenvalue weighted by Gasteiger charge is -2.26. The summed E-state index contributed by atoms with van der Waals surface area (Å²) in [6.45, 7) is 1.98. The molecule has 0 saturated carbocycles. The fraction of sp³-hybridized carbons (Fsp3) is 0.250. The lowest BCUT2D eigenvalue weighted by molar-refractivity contribution is -0.137. The van der Waals surface area contributed by atoms with Crippen molar-refractivity contribution in [3.8, 4) is 11.5 Å². The molecule has 2 aliphatic heterocycles. The molecule has 188 valence electrons. The van der Waals surface area contributed by atoms with Gasteiger partial charge < -0.3 is 19.1 Å². The third kappa shape index (κ3) is 6.16. The number of methoxy groups -OCH3 is 1. The van der Waals surface area contributed by atoms with Crippen LogP contribution in [0.25, 0.3) is 6.08 Å². The average molecular weight is 548 g/mol. The molecule has 0 radical (unpaired) electrons. The van der Waals surface area contributed by atoms with Crippen LogP contribution >= 0.6 is 35.6 Å². The third-order valence-electron chi connectivity index (χ3n) is 5.31. The van der Waals surface area contributed by atoms with Crippen molar-refractivity contribution in [2.75, 3.05) is 40.0 Å². The van der Waals surface area contributed by atoms with E-state index in [1.165, 1.54) is 7.11 Å². The van der Waals surface area contributed by atoms with Gasteiger partial charge in [-0.2, -0.15) is 5.01 Å². The summed E-state index contributed by atoms with van der Waals surface area (Å²) in [4.78, 5) is 39.8. The standard InChI is InChI=1S/C24H22ClN3O6S2/c1-32-19-12-15(2-7-18(19)34-14-21(29)27-8-10-33-11-9-27)13-20-23(31)28(24(35)36-20)26-22(30)16-3-5-17(25)6-4-16/h2-7,12-13H,8-11,14H2,1H3,(H,26,30)/b20-13+. The van der Waals surface area contributed by atoms with E-state index < -0.39 is 11.8 Å². The summed E-state index contributed by atoms with van der Waals surface area (Å²) < 4.78 is 16.6. The van der Waals surface area contributed by atoms with Crippen LogP contribution in [0.15, 0.2) is 47.4 Å². The SMILES string of the molecule is COc1cc(/C=C2/SC(=S)N(NC(=O)c3ccc(Cl)cc3)C2=O)ccc1OCC(=O)N1CCOCC1. The first-order chi connectivity index (χ1) is 17.4. The molecular weight excluding hydrogens is 526 g/mol. The van der Waals surface area contributed by atoms with E-state index in [0.29, 0.717) is 58.9 Å². The number of amides is 3. The first kappa shape index (κ1) is 26.0. The van der Waals surface area contributed by atoms with Crippen LogP contribution in [0, 0.1) is 0 Å². The van der Waals surface area contributed by atoms with Crippen LogP contribution in [0.4, 0.5) is 0 Å². The van der Waals surface area contributed by atoms with Crippen molar-refractivity contribution < 1.29 is 28.6 Å². The van der Waals surface area contributed by atoms with E-state index in [9.17, 15) is 14.4 Å². The lowest BCUT2D eigenvalue weighted by Crippen LogP contribution is -2.44. The van der Waals surface area contributed by atoms with Gasteiger partial charge in [-0.25, -0.2) is 0 Å². The molecule has 12 heteroatoms. The summed E-state index contributed by atoms with van der Waals surface area (Å²) in [5.41, 5.74) is 3.52. The number of benzene rings is 2. The van der Waals surface area contributed by atoms with Crippen molar-refractivity contribution in [3.05, 3.63) is 63.5 Å². The zero-order chi connectivity index (χ0) is 25.7. The normalized spacial score (nSPS) is 16.9. The second-order valence-corrected chi connectivity index (χ2v) is 9.77. The Hall–Kier alpha value is -3.12. The van der Waals surface area contributed by atoms with E-state index in [4.69, 9.17) is 38.0 Å². The predicted octanol–water partition coefficient (Wildman–Crippen LogP) is 3.13. The highest BCUT2D eigenvalue weighted by Gasteiger charge is 2.34. The van der Waals surface area contributed by atoms with Crippen molar-refractivity contribution in [1.29, 1.82) is 0 Å². The quantitative estimate of drug-likeness (QED) is 0.417. The monoisotopic (exact) mass is 547 g/mol. The van der Waals surface area contributed by atoms with Gasteiger partial charge in [-0.05, 0) is 60.3 Å². The largest absolute Gasteiger partial charge is 0.493 e. The van der Waals surface area contributed by atoms with Gasteiger partial charge in [0, 0.05) is 23.7 Å². The third-order valence-corrected chi connectivity index (χ3v) is 6.87. The summed E-state index contributed by atoms with van der Waals surface area (Å²) in [5.74, 6) is -0.264. The molecule has 2 fully saturated rings. The number of hydrogen-bond acceptors (Lipinski definition) is 8. The maximum Gasteiger partial charge on any atom is 0.285 e. The predicted molar refractivity (Wildman–Crippen MR) is 140 cm³/mol. The highest BCUT2D eigenvalue weighted by atomic mass is 35.5. The van der Waals surface area contributed by atoms with E-state index in [1.54, 1.807) is 53.4 Å². The highest BCUT2D eigenvalue weighted by molar-refractivity contribution is 8.26. The minimum Gasteiger partial charge on any atom is -0.493 e. The molecule has 0 aliphatic carbocycles. The van der Waals surface area contributed by atoms with Crippen LogP contribution < -0.4 is 14.9 Å². The van der Waals surface area contributed by atoms with Crippen molar-refractivity contribution in [3.63, 3.8) is 0 Å². The minimum atomic E-state index is -0.487. The fourth-order valence-corrected chi connectivity index (χ4v) is 4.73. The van der Waals surface area contributed by atoms with Gasteiger partial charge >= 0.3 is 0 Å². The Morgan fingerprint density at radius 3 is 2.58 bits per heavy atom. The molecule has 3 amide bonds. The molecular formula is C24H22ClN3O6S2. The van der Waals surface area contributed by atoms with E-state index in [-0.39, 0.29) is 16.8 Å². The zero-order valence-corrected chi connectivity index (χ0v) is 21.6. The molecule has 9 nitrogen and oxygen atoms in total. The number of morpholine rings is 1. The second-order valence-electron chi connectivity index (χ2n) is 7.66. The molecule has 0 atom stereocenters. The summed E-state index contributed by atoms with van der Waals surface area (Å²) in [7, 11) is 1.49. The zero-order valence-electron chi connectivity index (χ0n) is 19.2. The molecule has 36 heavy (non-hydrogen) atoms. The Balaban J connectivity index is 1.42. The Labute approximate surface area is 222 Å². The maximum atomic E-state index is 12.9. The van der Waals surface area contributed by atoms with E-state index in [2.05, 4.69) is 5.43 Å². The van der Waals surface area contributed by atoms with Gasteiger partial charge in [0.1, 0.15) is 0 Å². The summed E-state index contributed by atoms with van der Waals surface area (Å²) in [6.07, 6.45) is 1.64. The van der Waals surface area contributed by atoms with Crippen molar-refractivity contribution >= 4 is 63.7 Å². The number of hydrogen-bond donors (Lipinski definition) is 1. The summed E-state index contributed by atoms with van der Waals surface area (Å²) >= 11 is 12.2. The number of hydrazine groups is 1. The number of thiocarbonyl (C=S) groups is 1. The molecule has 0 unspecified atom stereocenters. The van der Waals surface area contributed by atoms with E-state index >= 15 is 0 Å². The summed E-state index contributed by atoms with van der Waals surface area (Å²) in [5, 5.41) is 1.53. The number of nitrogens with zero attached hydrogens (tertiary/aromatic N) is 2. The van der Waals surface area contributed by atoms with Gasteiger partial charge in [-0.1, -0.05) is 29.4 Å². The van der Waals surface area contributed by atoms with Crippen LogP contribution in [0.2, 0.25) is 5.02 Å². The second kappa shape index (κ2) is 11.7. The van der Waals surface area contributed by atoms with Crippen molar-refractivity contribution in [2.45, 2.75) is 0 Å².